The number of aliphatic imine (C=N–C) groups is 1. The molecule has 7 rings (SSSR count). The van der Waals surface area contributed by atoms with Crippen LogP contribution in [0.15, 0.2) is 84.1 Å². The number of rotatable bonds is 5. The van der Waals surface area contributed by atoms with Crippen molar-refractivity contribution < 1.29 is 22.7 Å². The maximum Gasteiger partial charge on any atom is 0.573 e. The molecule has 2 unspecified atom stereocenters. The molecule has 1 saturated heterocycles. The number of amidine groups is 1. The Bertz CT molecular complexity index is 1880. The van der Waals surface area contributed by atoms with Gasteiger partial charge in [-0.05, 0) is 72.7 Å². The van der Waals surface area contributed by atoms with Crippen molar-refractivity contribution in [2.24, 2.45) is 4.99 Å². The van der Waals surface area contributed by atoms with Gasteiger partial charge >= 0.3 is 6.36 Å². The molecule has 2 aliphatic rings. The number of amides is 1. The first-order chi connectivity index (χ1) is 20.2. The van der Waals surface area contributed by atoms with Gasteiger partial charge in [0, 0.05) is 17.0 Å². The molecule has 0 bridgehead atoms. The van der Waals surface area contributed by atoms with Crippen LogP contribution < -0.4 is 9.64 Å². The Morgan fingerprint density at radius 1 is 1.00 bits per heavy atom. The Balaban J connectivity index is 1.14. The number of aryl methyl sites for hydroxylation is 2. The normalized spacial score (nSPS) is 19.8. The number of carbonyl (C=O) groups is 1. The van der Waals surface area contributed by atoms with Crippen LogP contribution in [0.25, 0.3) is 27.5 Å². The third kappa shape index (κ3) is 4.79. The van der Waals surface area contributed by atoms with Gasteiger partial charge < -0.3 is 4.74 Å². The number of imidazole rings is 1. The lowest BCUT2D eigenvalue weighted by atomic mass is 10.0. The summed E-state index contributed by atoms with van der Waals surface area (Å²) < 4.78 is 43.4. The van der Waals surface area contributed by atoms with Gasteiger partial charge in [-0.3, -0.25) is 19.3 Å². The van der Waals surface area contributed by atoms with Crippen molar-refractivity contribution in [1.82, 2.24) is 9.55 Å². The largest absolute Gasteiger partial charge is 0.573 e. The first kappa shape index (κ1) is 26.6. The Labute approximate surface area is 243 Å². The average molecular weight is 587 g/mol. The van der Waals surface area contributed by atoms with E-state index in [1.165, 1.54) is 29.5 Å². The minimum atomic E-state index is -4.73. The lowest BCUT2D eigenvalue weighted by Gasteiger charge is -2.21. The number of nitrogens with zero attached hydrogens (tertiary/aromatic N) is 4. The zero-order valence-electron chi connectivity index (χ0n) is 22.7. The van der Waals surface area contributed by atoms with Gasteiger partial charge in [0.05, 0.1) is 28.5 Å². The SMILES string of the molecule is Cc1cccc(C)c1N1C(=O)CSC1=NC1CC1c1ccc2c(ccc3c2ncn3-c2ccc(OC(F)(F)F)cc2)c1. The minimum absolute atomic E-state index is 0.0630. The van der Waals surface area contributed by atoms with Crippen LogP contribution >= 0.6 is 11.8 Å². The molecule has 2 heterocycles. The molecule has 2 fully saturated rings. The maximum atomic E-state index is 12.8. The Kier molecular flexibility index (Phi) is 6.27. The van der Waals surface area contributed by atoms with Crippen molar-refractivity contribution >= 4 is 50.3 Å². The van der Waals surface area contributed by atoms with E-state index in [1.807, 2.05) is 48.7 Å². The molecule has 6 nitrogen and oxygen atoms in total. The second kappa shape index (κ2) is 9.90. The molecule has 1 aliphatic heterocycles. The number of halogens is 3. The Morgan fingerprint density at radius 3 is 2.50 bits per heavy atom. The molecule has 0 N–H and O–H groups in total. The molecule has 42 heavy (non-hydrogen) atoms. The zero-order valence-corrected chi connectivity index (χ0v) is 23.5. The van der Waals surface area contributed by atoms with E-state index in [4.69, 9.17) is 4.99 Å². The summed E-state index contributed by atoms with van der Waals surface area (Å²) in [7, 11) is 0. The summed E-state index contributed by atoms with van der Waals surface area (Å²) in [6.07, 6.45) is -2.13. The molecule has 212 valence electrons. The number of carbonyl (C=O) groups excluding carboxylic acids is 1. The number of benzene rings is 4. The molecule has 5 aromatic rings. The van der Waals surface area contributed by atoms with E-state index in [-0.39, 0.29) is 23.6 Å². The highest BCUT2D eigenvalue weighted by molar-refractivity contribution is 8.15. The Hall–Kier alpha value is -4.31. The van der Waals surface area contributed by atoms with E-state index in [0.717, 1.165) is 50.2 Å². The zero-order chi connectivity index (χ0) is 29.2. The standard InChI is InChI=1S/C32H25F3N4O2S/c1-18-4-3-5-19(2)30(18)39-28(40)16-42-31(39)37-26-15-25(26)21-6-12-24-20(14-21)7-13-27-29(24)36-17-38(27)22-8-10-23(11-9-22)41-32(33,34)35/h3-14,17,25-26H,15-16H2,1-2H3. The summed E-state index contributed by atoms with van der Waals surface area (Å²) >= 11 is 1.50. The third-order valence-electron chi connectivity index (χ3n) is 7.79. The quantitative estimate of drug-likeness (QED) is 0.212. The highest BCUT2D eigenvalue weighted by Gasteiger charge is 2.41. The summed E-state index contributed by atoms with van der Waals surface area (Å²) in [6, 6.07) is 22.3. The second-order valence-electron chi connectivity index (χ2n) is 10.6. The lowest BCUT2D eigenvalue weighted by Crippen LogP contribution is -2.31. The van der Waals surface area contributed by atoms with Crippen molar-refractivity contribution in [2.75, 3.05) is 10.7 Å². The highest BCUT2D eigenvalue weighted by Crippen LogP contribution is 2.46. The van der Waals surface area contributed by atoms with Gasteiger partial charge in [-0.15, -0.1) is 13.2 Å². The summed E-state index contributed by atoms with van der Waals surface area (Å²) in [4.78, 5) is 24.3. The van der Waals surface area contributed by atoms with Gasteiger partial charge in [0.25, 0.3) is 0 Å². The van der Waals surface area contributed by atoms with Gasteiger partial charge in [-0.1, -0.05) is 54.2 Å². The molecular weight excluding hydrogens is 561 g/mol. The average Bonchev–Trinajstić information content (AvgIpc) is 3.43. The van der Waals surface area contributed by atoms with Gasteiger partial charge in [0.1, 0.15) is 12.1 Å². The van der Waals surface area contributed by atoms with Crippen LogP contribution in [-0.4, -0.2) is 38.8 Å². The lowest BCUT2D eigenvalue weighted by molar-refractivity contribution is -0.274. The summed E-state index contributed by atoms with van der Waals surface area (Å²) in [5.41, 5.74) is 6.59. The van der Waals surface area contributed by atoms with E-state index in [1.54, 1.807) is 23.4 Å². The molecule has 0 radical (unpaired) electrons. The summed E-state index contributed by atoms with van der Waals surface area (Å²) in [5, 5.41) is 2.82. The van der Waals surface area contributed by atoms with Crippen LogP contribution in [0.1, 0.15) is 29.0 Å². The molecule has 4 aromatic carbocycles. The van der Waals surface area contributed by atoms with E-state index in [0.29, 0.717) is 11.4 Å². The first-order valence-corrected chi connectivity index (χ1v) is 14.5. The molecule has 2 atom stereocenters. The van der Waals surface area contributed by atoms with Crippen molar-refractivity contribution in [3.63, 3.8) is 0 Å². The number of hydrogen-bond acceptors (Lipinski definition) is 5. The smallest absolute Gasteiger partial charge is 0.406 e. The topological polar surface area (TPSA) is 59.7 Å². The summed E-state index contributed by atoms with van der Waals surface area (Å²) in [6.45, 7) is 4.04. The summed E-state index contributed by atoms with van der Waals surface area (Å²) in [5.74, 6) is 0.471. The minimum Gasteiger partial charge on any atom is -0.406 e. The van der Waals surface area contributed by atoms with Gasteiger partial charge in [0.2, 0.25) is 5.91 Å². The van der Waals surface area contributed by atoms with Crippen LogP contribution in [-0.2, 0) is 4.79 Å². The van der Waals surface area contributed by atoms with Gasteiger partial charge in [-0.25, -0.2) is 4.98 Å². The fraction of sp³-hybridized carbons (Fsp3) is 0.219. The number of alkyl halides is 3. The van der Waals surface area contributed by atoms with Crippen molar-refractivity contribution in [2.45, 2.75) is 38.6 Å². The fourth-order valence-corrected chi connectivity index (χ4v) is 6.65. The van der Waals surface area contributed by atoms with Gasteiger partial charge in [0.15, 0.2) is 5.17 Å². The van der Waals surface area contributed by atoms with Crippen LogP contribution in [0, 0.1) is 13.8 Å². The molecule has 1 aliphatic carbocycles. The molecule has 10 heteroatoms. The van der Waals surface area contributed by atoms with Crippen LogP contribution in [0.3, 0.4) is 0 Å². The van der Waals surface area contributed by atoms with E-state index in [2.05, 4.69) is 27.9 Å². The molecule has 1 amide bonds. The highest BCUT2D eigenvalue weighted by atomic mass is 32.2. The molecular formula is C32H25F3N4O2S. The predicted molar refractivity (Wildman–Crippen MR) is 160 cm³/mol. The van der Waals surface area contributed by atoms with Crippen molar-refractivity contribution in [1.29, 1.82) is 0 Å². The predicted octanol–water partition coefficient (Wildman–Crippen LogP) is 7.69. The number of fused-ring (bicyclic) bond motifs is 3. The number of hydrogen-bond donors (Lipinski definition) is 0. The molecule has 1 aromatic heterocycles. The number of para-hydroxylation sites is 1. The van der Waals surface area contributed by atoms with Gasteiger partial charge in [-0.2, -0.15) is 0 Å². The second-order valence-corrected chi connectivity index (χ2v) is 11.6. The van der Waals surface area contributed by atoms with Crippen molar-refractivity contribution in [3.05, 3.63) is 95.8 Å². The van der Waals surface area contributed by atoms with E-state index < -0.39 is 6.36 Å². The number of anilines is 1. The van der Waals surface area contributed by atoms with E-state index >= 15 is 0 Å². The monoisotopic (exact) mass is 586 g/mol. The van der Waals surface area contributed by atoms with Crippen molar-refractivity contribution in [3.8, 4) is 11.4 Å². The number of thioether (sulfide) groups is 1. The Morgan fingerprint density at radius 2 is 1.76 bits per heavy atom. The molecule has 0 spiro atoms. The first-order valence-electron chi connectivity index (χ1n) is 13.5. The fourth-order valence-electron chi connectivity index (χ4n) is 5.73. The maximum absolute atomic E-state index is 12.8. The number of aromatic nitrogens is 2. The van der Waals surface area contributed by atoms with Crippen LogP contribution in [0.5, 0.6) is 5.75 Å². The third-order valence-corrected chi connectivity index (χ3v) is 8.73. The number of ether oxygens (including phenoxy) is 1. The van der Waals surface area contributed by atoms with Crippen LogP contribution in [0.4, 0.5) is 18.9 Å². The molecule has 1 saturated carbocycles. The van der Waals surface area contributed by atoms with Crippen LogP contribution in [0.2, 0.25) is 0 Å². The van der Waals surface area contributed by atoms with E-state index in [9.17, 15) is 18.0 Å².